The van der Waals surface area contributed by atoms with E-state index < -0.39 is 49.5 Å². The number of aliphatic hydroxyl groups excluding tert-OH is 5. The standard InChI is InChI=1S/C73H145NO8/c1-3-5-7-9-11-13-15-17-19-21-23-25-27-29-31-33-34-35-36-38-40-42-44-46-48-50-52-54-56-58-60-62-67(76)66(65-81-73-72(80)71(79)70(78)68(64-75)82-73)74-69(77)63-61-59-57-55-53-51-49-47-45-43-41-39-37-32-30-28-26-24-22-20-18-16-14-12-10-8-6-4-2/h66-68,70-73,75-76,78-80H,3-65H2,1-2H3,(H,74,77). The van der Waals surface area contributed by atoms with Crippen molar-refractivity contribution in [1.82, 2.24) is 5.32 Å². The molecule has 1 aliphatic rings. The van der Waals surface area contributed by atoms with Gasteiger partial charge < -0.3 is 40.3 Å². The molecule has 0 radical (unpaired) electrons. The van der Waals surface area contributed by atoms with Gasteiger partial charge in [0.2, 0.25) is 5.91 Å². The summed E-state index contributed by atoms with van der Waals surface area (Å²) in [6.45, 7) is 3.92. The van der Waals surface area contributed by atoms with Gasteiger partial charge in [-0.25, -0.2) is 0 Å². The molecule has 6 N–H and O–H groups in total. The zero-order valence-corrected chi connectivity index (χ0v) is 55.0. The van der Waals surface area contributed by atoms with Crippen LogP contribution in [0.5, 0.6) is 0 Å². The molecule has 0 aromatic rings. The van der Waals surface area contributed by atoms with Crippen molar-refractivity contribution in [2.45, 2.75) is 448 Å². The lowest BCUT2D eigenvalue weighted by molar-refractivity contribution is -0.302. The quantitative estimate of drug-likeness (QED) is 0.0330. The van der Waals surface area contributed by atoms with Gasteiger partial charge in [-0.3, -0.25) is 4.79 Å². The topological polar surface area (TPSA) is 149 Å². The fraction of sp³-hybridized carbons (Fsp3) is 0.986. The van der Waals surface area contributed by atoms with Crippen molar-refractivity contribution in [2.24, 2.45) is 0 Å². The van der Waals surface area contributed by atoms with Crippen molar-refractivity contribution < 1.29 is 39.8 Å². The second kappa shape index (κ2) is 63.2. The Hall–Kier alpha value is -0.810. The average Bonchev–Trinajstić information content (AvgIpc) is 3.57. The molecular formula is C73H145NO8. The van der Waals surface area contributed by atoms with Gasteiger partial charge in [0.15, 0.2) is 6.29 Å². The van der Waals surface area contributed by atoms with Crippen molar-refractivity contribution >= 4 is 5.91 Å². The summed E-state index contributed by atoms with van der Waals surface area (Å²) in [4.78, 5) is 13.2. The van der Waals surface area contributed by atoms with E-state index in [0.717, 1.165) is 38.5 Å². The summed E-state index contributed by atoms with van der Waals surface area (Å²) in [6, 6.07) is -0.716. The van der Waals surface area contributed by atoms with Crippen molar-refractivity contribution in [3.05, 3.63) is 0 Å². The molecule has 9 nitrogen and oxygen atoms in total. The highest BCUT2D eigenvalue weighted by Gasteiger charge is 2.44. The summed E-state index contributed by atoms with van der Waals surface area (Å²) >= 11 is 0. The van der Waals surface area contributed by atoms with E-state index in [0.29, 0.717) is 12.8 Å². The van der Waals surface area contributed by atoms with Crippen LogP contribution in [-0.4, -0.2) is 87.5 Å². The number of aliphatic hydroxyl groups is 5. The van der Waals surface area contributed by atoms with E-state index in [1.54, 1.807) is 0 Å². The minimum absolute atomic E-state index is 0.130. The second-order valence-corrected chi connectivity index (χ2v) is 26.5. The summed E-state index contributed by atoms with van der Waals surface area (Å²) in [5, 5.41) is 55.0. The van der Waals surface area contributed by atoms with Gasteiger partial charge in [-0.05, 0) is 12.8 Å². The monoisotopic (exact) mass is 1160 g/mol. The third-order valence-electron chi connectivity index (χ3n) is 18.5. The van der Waals surface area contributed by atoms with Crippen LogP contribution in [0.15, 0.2) is 0 Å². The normalized spacial score (nSPS) is 18.2. The lowest BCUT2D eigenvalue weighted by Gasteiger charge is -2.40. The predicted octanol–water partition coefficient (Wildman–Crippen LogP) is 20.5. The molecule has 1 heterocycles. The van der Waals surface area contributed by atoms with Gasteiger partial charge in [0.1, 0.15) is 24.4 Å². The summed E-state index contributed by atoms with van der Waals surface area (Å²) in [6.07, 6.45) is 73.4. The number of amides is 1. The minimum Gasteiger partial charge on any atom is -0.394 e. The molecule has 490 valence electrons. The van der Waals surface area contributed by atoms with Gasteiger partial charge in [0.05, 0.1) is 25.4 Å². The van der Waals surface area contributed by atoms with Crippen molar-refractivity contribution in [2.75, 3.05) is 13.2 Å². The molecule has 1 fully saturated rings. The Morgan fingerprint density at radius 3 is 0.866 bits per heavy atom. The Kier molecular flexibility index (Phi) is 61.1. The molecule has 1 amide bonds. The van der Waals surface area contributed by atoms with Crippen LogP contribution in [0.3, 0.4) is 0 Å². The van der Waals surface area contributed by atoms with E-state index in [-0.39, 0.29) is 12.5 Å². The van der Waals surface area contributed by atoms with Crippen molar-refractivity contribution in [3.63, 3.8) is 0 Å². The summed E-state index contributed by atoms with van der Waals surface area (Å²) < 4.78 is 11.4. The molecule has 1 rings (SSSR count). The zero-order chi connectivity index (χ0) is 59.3. The van der Waals surface area contributed by atoms with Crippen LogP contribution in [0.2, 0.25) is 0 Å². The van der Waals surface area contributed by atoms with E-state index in [1.165, 1.54) is 340 Å². The van der Waals surface area contributed by atoms with Crippen LogP contribution in [0, 0.1) is 0 Å². The summed E-state index contributed by atoms with van der Waals surface area (Å²) in [7, 11) is 0. The highest BCUT2D eigenvalue weighted by Crippen LogP contribution is 2.24. The smallest absolute Gasteiger partial charge is 0.220 e. The number of ether oxygens (including phenoxy) is 2. The maximum atomic E-state index is 13.2. The molecule has 0 spiro atoms. The van der Waals surface area contributed by atoms with Crippen molar-refractivity contribution in [3.8, 4) is 0 Å². The number of unbranched alkanes of at least 4 members (excludes halogenated alkanes) is 57. The van der Waals surface area contributed by atoms with E-state index >= 15 is 0 Å². The van der Waals surface area contributed by atoms with Gasteiger partial charge in [-0.15, -0.1) is 0 Å². The number of carbonyl (C=O) groups is 1. The van der Waals surface area contributed by atoms with Crippen LogP contribution in [0.1, 0.15) is 406 Å². The Bertz CT molecular complexity index is 1260. The Balaban J connectivity index is 2.07. The Labute approximate surface area is 510 Å². The number of hydrogen-bond acceptors (Lipinski definition) is 8. The Morgan fingerprint density at radius 2 is 0.610 bits per heavy atom. The lowest BCUT2D eigenvalue weighted by Crippen LogP contribution is -2.60. The molecule has 9 heteroatoms. The van der Waals surface area contributed by atoms with Crippen LogP contribution in [-0.2, 0) is 14.3 Å². The van der Waals surface area contributed by atoms with Gasteiger partial charge in [-0.1, -0.05) is 386 Å². The number of nitrogens with one attached hydrogen (secondary N) is 1. The van der Waals surface area contributed by atoms with Crippen LogP contribution in [0.4, 0.5) is 0 Å². The molecular weight excluding hydrogens is 1020 g/mol. The van der Waals surface area contributed by atoms with E-state index in [2.05, 4.69) is 19.2 Å². The van der Waals surface area contributed by atoms with E-state index in [1.807, 2.05) is 0 Å². The third kappa shape index (κ3) is 51.3. The van der Waals surface area contributed by atoms with Gasteiger partial charge >= 0.3 is 0 Å². The maximum absolute atomic E-state index is 13.2. The summed E-state index contributed by atoms with van der Waals surface area (Å²) in [5.74, 6) is -0.132. The average molecular weight is 1160 g/mol. The molecule has 7 atom stereocenters. The fourth-order valence-electron chi connectivity index (χ4n) is 12.6. The van der Waals surface area contributed by atoms with Gasteiger partial charge in [-0.2, -0.15) is 0 Å². The van der Waals surface area contributed by atoms with E-state index in [9.17, 15) is 30.3 Å². The second-order valence-electron chi connectivity index (χ2n) is 26.5. The van der Waals surface area contributed by atoms with E-state index in [4.69, 9.17) is 9.47 Å². The van der Waals surface area contributed by atoms with Crippen LogP contribution < -0.4 is 5.32 Å². The molecule has 0 bridgehead atoms. The molecule has 0 aromatic heterocycles. The molecule has 0 saturated carbocycles. The first-order valence-corrected chi connectivity index (χ1v) is 37.2. The first kappa shape index (κ1) is 79.2. The molecule has 1 aliphatic heterocycles. The molecule has 0 aliphatic carbocycles. The number of hydrogen-bond donors (Lipinski definition) is 6. The first-order chi connectivity index (χ1) is 40.3. The van der Waals surface area contributed by atoms with Crippen LogP contribution >= 0.6 is 0 Å². The minimum atomic E-state index is -1.55. The summed E-state index contributed by atoms with van der Waals surface area (Å²) in [5.41, 5.74) is 0. The first-order valence-electron chi connectivity index (χ1n) is 37.2. The van der Waals surface area contributed by atoms with Crippen LogP contribution in [0.25, 0.3) is 0 Å². The molecule has 7 unspecified atom stereocenters. The predicted molar refractivity (Wildman–Crippen MR) is 351 cm³/mol. The zero-order valence-electron chi connectivity index (χ0n) is 55.0. The molecule has 82 heavy (non-hydrogen) atoms. The molecule has 0 aromatic carbocycles. The molecule has 1 saturated heterocycles. The lowest BCUT2D eigenvalue weighted by atomic mass is 9.99. The number of carbonyl (C=O) groups excluding carboxylic acids is 1. The van der Waals surface area contributed by atoms with Crippen molar-refractivity contribution in [1.29, 1.82) is 0 Å². The largest absolute Gasteiger partial charge is 0.394 e. The highest BCUT2D eigenvalue weighted by atomic mass is 16.7. The number of rotatable bonds is 67. The maximum Gasteiger partial charge on any atom is 0.220 e. The Morgan fingerprint density at radius 1 is 0.366 bits per heavy atom. The SMILES string of the molecule is CCCCCCCCCCCCCCCCCCCCCCCCCCCCCCCCCC(O)C(COC1OC(CO)C(O)C(O)C1O)NC(=O)CCCCCCCCCCCCCCCCCCCCCCCCCCCCCC. The third-order valence-corrected chi connectivity index (χ3v) is 18.5. The van der Waals surface area contributed by atoms with Gasteiger partial charge in [0, 0.05) is 6.42 Å². The fourth-order valence-corrected chi connectivity index (χ4v) is 12.6. The highest BCUT2D eigenvalue weighted by molar-refractivity contribution is 5.76. The van der Waals surface area contributed by atoms with Gasteiger partial charge in [0.25, 0.3) is 0 Å².